The van der Waals surface area contributed by atoms with Gasteiger partial charge < -0.3 is 10.3 Å². The molecule has 0 bridgehead atoms. The van der Waals surface area contributed by atoms with Crippen LogP contribution in [-0.4, -0.2) is 9.97 Å². The van der Waals surface area contributed by atoms with Gasteiger partial charge in [0.15, 0.2) is 5.82 Å². The normalized spacial score (nSPS) is 10.3. The summed E-state index contributed by atoms with van der Waals surface area (Å²) >= 11 is 9.26. The lowest BCUT2D eigenvalue weighted by Crippen LogP contribution is -2.09. The van der Waals surface area contributed by atoms with Crippen molar-refractivity contribution < 1.29 is 0 Å². The van der Waals surface area contributed by atoms with Crippen molar-refractivity contribution in [1.82, 2.24) is 9.97 Å². The molecule has 0 unspecified atom stereocenters. The van der Waals surface area contributed by atoms with E-state index < -0.39 is 0 Å². The number of benzene rings is 1. The zero-order valence-electron chi connectivity index (χ0n) is 8.92. The van der Waals surface area contributed by atoms with Gasteiger partial charge in [0.25, 0.3) is 5.56 Å². The van der Waals surface area contributed by atoms with E-state index in [2.05, 4.69) is 31.2 Å². The molecule has 1 aromatic carbocycles. The monoisotopic (exact) mass is 313 g/mol. The minimum atomic E-state index is -0.368. The first-order valence-electron chi connectivity index (χ1n) is 4.84. The second kappa shape index (κ2) is 4.89. The fraction of sp³-hybridized carbons (Fsp3) is 0.0909. The lowest BCUT2D eigenvalue weighted by atomic mass is 10.2. The average Bonchev–Trinajstić information content (AvgIpc) is 2.30. The summed E-state index contributed by atoms with van der Waals surface area (Å²) in [6.45, 7) is 1.98. The Balaban J connectivity index is 2.41. The number of halogens is 2. The Hall–Kier alpha value is -1.33. The second-order valence-electron chi connectivity index (χ2n) is 3.50. The summed E-state index contributed by atoms with van der Waals surface area (Å²) in [5, 5.41) is 3.05. The maximum absolute atomic E-state index is 11.3. The van der Waals surface area contributed by atoms with Crippen molar-refractivity contribution >= 4 is 39.0 Å². The molecule has 6 heteroatoms. The lowest BCUT2D eigenvalue weighted by molar-refractivity contribution is 1.12. The fourth-order valence-electron chi connectivity index (χ4n) is 1.33. The van der Waals surface area contributed by atoms with Crippen molar-refractivity contribution in [2.75, 3.05) is 5.32 Å². The van der Waals surface area contributed by atoms with Gasteiger partial charge in [-0.1, -0.05) is 17.7 Å². The van der Waals surface area contributed by atoms with E-state index in [1.165, 1.54) is 6.33 Å². The quantitative estimate of drug-likeness (QED) is 0.894. The van der Waals surface area contributed by atoms with E-state index in [0.29, 0.717) is 5.82 Å². The number of anilines is 2. The van der Waals surface area contributed by atoms with Crippen molar-refractivity contribution in [3.05, 3.63) is 49.9 Å². The fourth-order valence-corrected chi connectivity index (χ4v) is 1.83. The molecule has 4 nitrogen and oxygen atoms in total. The predicted molar refractivity (Wildman–Crippen MR) is 72.0 cm³/mol. The van der Waals surface area contributed by atoms with Crippen molar-refractivity contribution in [1.29, 1.82) is 0 Å². The molecule has 2 N–H and O–H groups in total. The zero-order valence-corrected chi connectivity index (χ0v) is 11.3. The van der Waals surface area contributed by atoms with Crippen molar-refractivity contribution in [3.63, 3.8) is 0 Å². The molecule has 0 saturated carbocycles. The third kappa shape index (κ3) is 2.68. The highest BCUT2D eigenvalue weighted by atomic mass is 79.9. The largest absolute Gasteiger partial charge is 0.338 e. The molecule has 0 aliphatic rings. The minimum absolute atomic E-state index is 0.0425. The topological polar surface area (TPSA) is 57.8 Å². The smallest absolute Gasteiger partial charge is 0.271 e. The summed E-state index contributed by atoms with van der Waals surface area (Å²) in [4.78, 5) is 17.7. The number of H-pyrrole nitrogens is 1. The van der Waals surface area contributed by atoms with Gasteiger partial charge in [0.2, 0.25) is 0 Å². The molecule has 0 amide bonds. The van der Waals surface area contributed by atoms with Crippen molar-refractivity contribution in [3.8, 4) is 0 Å². The second-order valence-corrected chi connectivity index (χ2v) is 4.73. The van der Waals surface area contributed by atoms with E-state index >= 15 is 0 Å². The van der Waals surface area contributed by atoms with Gasteiger partial charge >= 0.3 is 0 Å². The van der Waals surface area contributed by atoms with Crippen LogP contribution in [0.25, 0.3) is 0 Å². The first-order valence-corrected chi connectivity index (χ1v) is 6.01. The number of hydrogen-bond acceptors (Lipinski definition) is 3. The molecule has 1 aromatic heterocycles. The van der Waals surface area contributed by atoms with Crippen LogP contribution in [0.3, 0.4) is 0 Å². The van der Waals surface area contributed by atoms with Crippen molar-refractivity contribution in [2.45, 2.75) is 6.92 Å². The molecule has 2 aromatic rings. The predicted octanol–water partition coefficient (Wildman–Crippen LogP) is 3.24. The van der Waals surface area contributed by atoms with Gasteiger partial charge in [-0.2, -0.15) is 0 Å². The van der Waals surface area contributed by atoms with Crippen LogP contribution in [0.2, 0.25) is 5.02 Å². The highest BCUT2D eigenvalue weighted by Gasteiger charge is 2.07. The van der Waals surface area contributed by atoms with Gasteiger partial charge in [0.05, 0.1) is 12.0 Å². The summed E-state index contributed by atoms with van der Waals surface area (Å²) in [6.07, 6.45) is 1.31. The molecule has 1 heterocycles. The maximum Gasteiger partial charge on any atom is 0.271 e. The molecule has 0 aliphatic carbocycles. The number of aromatic nitrogens is 2. The third-order valence-electron chi connectivity index (χ3n) is 2.17. The van der Waals surface area contributed by atoms with Gasteiger partial charge in [-0.25, -0.2) is 4.98 Å². The van der Waals surface area contributed by atoms with Gasteiger partial charge in [-0.15, -0.1) is 0 Å². The van der Waals surface area contributed by atoms with Crippen molar-refractivity contribution in [2.24, 2.45) is 0 Å². The highest BCUT2D eigenvalue weighted by Crippen LogP contribution is 2.27. The Bertz CT molecular complexity index is 612. The number of hydrogen-bond donors (Lipinski definition) is 2. The SMILES string of the molecule is Cc1ccc(Br)c(Nc2nc[nH]c(=O)c2Cl)c1. The Kier molecular flexibility index (Phi) is 3.49. The van der Waals surface area contributed by atoms with Crippen LogP contribution in [0.1, 0.15) is 5.56 Å². The summed E-state index contributed by atoms with van der Waals surface area (Å²) < 4.78 is 0.876. The summed E-state index contributed by atoms with van der Waals surface area (Å²) in [5.41, 5.74) is 1.54. The van der Waals surface area contributed by atoms with Gasteiger partial charge in [0.1, 0.15) is 5.02 Å². The number of nitrogens with one attached hydrogen (secondary N) is 2. The van der Waals surface area contributed by atoms with Crippen LogP contribution in [0, 0.1) is 6.92 Å². The molecular weight excluding hydrogens is 305 g/mol. The number of rotatable bonds is 2. The highest BCUT2D eigenvalue weighted by molar-refractivity contribution is 9.10. The summed E-state index contributed by atoms with van der Waals surface area (Å²) in [6, 6.07) is 5.82. The standard InChI is InChI=1S/C11H9BrClN3O/c1-6-2-3-7(12)8(4-6)16-10-9(13)11(17)15-5-14-10/h2-5H,1H3,(H2,14,15,16,17). The van der Waals surface area contributed by atoms with Crippen LogP contribution < -0.4 is 10.9 Å². The zero-order chi connectivity index (χ0) is 12.4. The molecule has 0 aliphatic heterocycles. The number of aromatic amines is 1. The van der Waals surface area contributed by atoms with Crippen LogP contribution in [0.15, 0.2) is 33.8 Å². The third-order valence-corrected chi connectivity index (χ3v) is 3.21. The van der Waals surface area contributed by atoms with Crippen LogP contribution in [0.4, 0.5) is 11.5 Å². The van der Waals surface area contributed by atoms with Crippen LogP contribution in [0.5, 0.6) is 0 Å². The molecule has 0 radical (unpaired) electrons. The van der Waals surface area contributed by atoms with E-state index in [-0.39, 0.29) is 10.6 Å². The number of aryl methyl sites for hydroxylation is 1. The maximum atomic E-state index is 11.3. The van der Waals surface area contributed by atoms with E-state index in [4.69, 9.17) is 11.6 Å². The summed E-state index contributed by atoms with van der Waals surface area (Å²) in [5.74, 6) is 0.335. The van der Waals surface area contributed by atoms with Gasteiger partial charge in [0, 0.05) is 4.47 Å². The first-order chi connectivity index (χ1) is 8.08. The van der Waals surface area contributed by atoms with E-state index in [1.807, 2.05) is 25.1 Å². The Morgan fingerprint density at radius 1 is 1.47 bits per heavy atom. The molecule has 88 valence electrons. The molecule has 17 heavy (non-hydrogen) atoms. The summed E-state index contributed by atoms with van der Waals surface area (Å²) in [7, 11) is 0. The number of nitrogens with zero attached hydrogens (tertiary/aromatic N) is 1. The molecule has 0 atom stereocenters. The average molecular weight is 315 g/mol. The Labute approximate surface area is 111 Å². The van der Waals surface area contributed by atoms with E-state index in [1.54, 1.807) is 0 Å². The first kappa shape index (κ1) is 12.1. The molecular formula is C11H9BrClN3O. The molecule has 0 spiro atoms. The Morgan fingerprint density at radius 3 is 3.00 bits per heavy atom. The van der Waals surface area contributed by atoms with Crippen LogP contribution >= 0.6 is 27.5 Å². The van der Waals surface area contributed by atoms with Gasteiger partial charge in [-0.3, -0.25) is 4.79 Å². The van der Waals surface area contributed by atoms with Gasteiger partial charge in [-0.05, 0) is 40.5 Å². The van der Waals surface area contributed by atoms with E-state index in [0.717, 1.165) is 15.7 Å². The molecule has 0 fully saturated rings. The Morgan fingerprint density at radius 2 is 2.24 bits per heavy atom. The molecule has 0 saturated heterocycles. The molecule has 2 rings (SSSR count). The van der Waals surface area contributed by atoms with E-state index in [9.17, 15) is 4.79 Å². The van der Waals surface area contributed by atoms with Crippen LogP contribution in [-0.2, 0) is 0 Å². The lowest BCUT2D eigenvalue weighted by Gasteiger charge is -2.09. The minimum Gasteiger partial charge on any atom is -0.338 e.